The Morgan fingerprint density at radius 2 is 2.29 bits per heavy atom. The van der Waals surface area contributed by atoms with Crippen molar-refractivity contribution in [2.45, 2.75) is 31.2 Å². The summed E-state index contributed by atoms with van der Waals surface area (Å²) < 4.78 is 26.0. The molecule has 0 aromatic carbocycles. The molecule has 7 nitrogen and oxygen atoms in total. The average Bonchev–Trinajstić information content (AvgIpc) is 2.28. The van der Waals surface area contributed by atoms with Gasteiger partial charge in [-0.25, -0.2) is 23.1 Å². The molecular weight excluding hydrogens is 242 g/mol. The molecular formula is C9H13N5O2S. The molecule has 8 heteroatoms. The minimum absolute atomic E-state index is 0.00491. The van der Waals surface area contributed by atoms with Gasteiger partial charge in [0, 0.05) is 6.04 Å². The standard InChI is InChI=1S/C9H13N5O2S/c1-3-6(2)12-9-13-8-7(4-10-5-11-8)17(15,16)14-9/h4-6H,3H2,1-2H3,(H2,10,11,12,13,14). The van der Waals surface area contributed by atoms with Crippen molar-refractivity contribution in [3.05, 3.63) is 12.5 Å². The maximum Gasteiger partial charge on any atom is 0.269 e. The number of nitrogens with one attached hydrogen (secondary N) is 2. The molecule has 0 spiro atoms. The molecule has 2 rings (SSSR count). The fourth-order valence-corrected chi connectivity index (χ4v) is 2.30. The molecule has 0 saturated carbocycles. The van der Waals surface area contributed by atoms with Gasteiger partial charge in [0.15, 0.2) is 10.7 Å². The lowest BCUT2D eigenvalue weighted by Gasteiger charge is -2.20. The third kappa shape index (κ3) is 2.36. The van der Waals surface area contributed by atoms with Crippen LogP contribution in [0.15, 0.2) is 22.4 Å². The fraction of sp³-hybridized carbons (Fsp3) is 0.444. The molecule has 0 amide bonds. The van der Waals surface area contributed by atoms with Gasteiger partial charge in [-0.2, -0.15) is 4.99 Å². The number of hydrogen-bond acceptors (Lipinski definition) is 6. The Balaban J connectivity index is 2.39. The second-order valence-corrected chi connectivity index (χ2v) is 5.38. The van der Waals surface area contributed by atoms with Crippen LogP contribution < -0.4 is 10.0 Å². The van der Waals surface area contributed by atoms with Crippen LogP contribution in [0.4, 0.5) is 5.82 Å². The van der Waals surface area contributed by atoms with E-state index >= 15 is 0 Å². The van der Waals surface area contributed by atoms with Gasteiger partial charge < -0.3 is 5.32 Å². The van der Waals surface area contributed by atoms with Crippen molar-refractivity contribution in [2.75, 3.05) is 0 Å². The highest BCUT2D eigenvalue weighted by atomic mass is 32.2. The lowest BCUT2D eigenvalue weighted by atomic mass is 10.3. The Bertz CT molecular complexity index is 554. The molecule has 1 atom stereocenters. The van der Waals surface area contributed by atoms with Crippen LogP contribution in [-0.4, -0.2) is 30.4 Å². The van der Waals surface area contributed by atoms with Crippen LogP contribution in [0.1, 0.15) is 20.3 Å². The monoisotopic (exact) mass is 255 g/mol. The van der Waals surface area contributed by atoms with E-state index in [9.17, 15) is 8.42 Å². The molecule has 1 aromatic heterocycles. The first kappa shape index (κ1) is 11.8. The number of aliphatic imine (C=N–C) groups is 1. The molecule has 1 unspecified atom stereocenters. The van der Waals surface area contributed by atoms with E-state index in [1.807, 2.05) is 13.8 Å². The summed E-state index contributed by atoms with van der Waals surface area (Å²) in [6.45, 7) is 3.93. The van der Waals surface area contributed by atoms with Crippen LogP contribution >= 0.6 is 0 Å². The molecule has 1 aliphatic rings. The zero-order valence-corrected chi connectivity index (χ0v) is 10.3. The summed E-state index contributed by atoms with van der Waals surface area (Å²) >= 11 is 0. The molecule has 0 fully saturated rings. The predicted octanol–water partition coefficient (Wildman–Crippen LogP) is 0.144. The summed E-state index contributed by atoms with van der Waals surface area (Å²) in [5.74, 6) is 0.357. The van der Waals surface area contributed by atoms with E-state index < -0.39 is 10.0 Å². The van der Waals surface area contributed by atoms with Crippen molar-refractivity contribution >= 4 is 21.8 Å². The summed E-state index contributed by atoms with van der Waals surface area (Å²) in [6.07, 6.45) is 3.36. The van der Waals surface area contributed by atoms with Crippen molar-refractivity contribution in [2.24, 2.45) is 4.99 Å². The Kier molecular flexibility index (Phi) is 2.97. The van der Waals surface area contributed by atoms with Gasteiger partial charge in [-0.15, -0.1) is 0 Å². The van der Waals surface area contributed by atoms with E-state index in [2.05, 4.69) is 25.0 Å². The topological polar surface area (TPSA) is 96.3 Å². The smallest absolute Gasteiger partial charge is 0.269 e. The summed E-state index contributed by atoms with van der Waals surface area (Å²) in [5, 5.41) is 2.96. The van der Waals surface area contributed by atoms with Crippen molar-refractivity contribution in [1.82, 2.24) is 20.0 Å². The number of fused-ring (bicyclic) bond motifs is 1. The molecule has 0 radical (unpaired) electrons. The normalized spacial score (nSPS) is 18.6. The summed E-state index contributed by atoms with van der Waals surface area (Å²) in [7, 11) is -3.61. The van der Waals surface area contributed by atoms with E-state index in [0.29, 0.717) is 0 Å². The highest BCUT2D eigenvalue weighted by Crippen LogP contribution is 2.22. The average molecular weight is 255 g/mol. The zero-order chi connectivity index (χ0) is 12.5. The van der Waals surface area contributed by atoms with Gasteiger partial charge in [0.2, 0.25) is 5.96 Å². The van der Waals surface area contributed by atoms with E-state index in [-0.39, 0.29) is 22.7 Å². The van der Waals surface area contributed by atoms with Gasteiger partial charge in [0.1, 0.15) is 6.33 Å². The highest BCUT2D eigenvalue weighted by molar-refractivity contribution is 7.90. The largest absolute Gasteiger partial charge is 0.353 e. The van der Waals surface area contributed by atoms with Gasteiger partial charge in [-0.05, 0) is 13.3 Å². The van der Waals surface area contributed by atoms with Crippen LogP contribution in [0.25, 0.3) is 0 Å². The Labute approximate surface area is 99.4 Å². The molecule has 92 valence electrons. The van der Waals surface area contributed by atoms with Gasteiger partial charge in [-0.1, -0.05) is 6.92 Å². The van der Waals surface area contributed by atoms with E-state index in [0.717, 1.165) is 6.42 Å². The van der Waals surface area contributed by atoms with E-state index in [1.54, 1.807) is 0 Å². The Hall–Kier alpha value is -1.70. The molecule has 17 heavy (non-hydrogen) atoms. The van der Waals surface area contributed by atoms with Gasteiger partial charge in [0.25, 0.3) is 10.0 Å². The van der Waals surface area contributed by atoms with Crippen LogP contribution in [0.5, 0.6) is 0 Å². The van der Waals surface area contributed by atoms with E-state index in [4.69, 9.17) is 0 Å². The van der Waals surface area contributed by atoms with Crippen molar-refractivity contribution < 1.29 is 8.42 Å². The van der Waals surface area contributed by atoms with Crippen LogP contribution in [0, 0.1) is 0 Å². The summed E-state index contributed by atoms with van der Waals surface area (Å²) in [5.41, 5.74) is 0. The first-order valence-electron chi connectivity index (χ1n) is 5.21. The molecule has 1 aromatic rings. The molecule has 2 N–H and O–H groups in total. The summed E-state index contributed by atoms with van der Waals surface area (Å²) in [4.78, 5) is 11.6. The SMILES string of the molecule is CCC(C)NC1=Nc2ncncc2S(=O)(=O)N1. The van der Waals surface area contributed by atoms with Crippen molar-refractivity contribution in [3.63, 3.8) is 0 Å². The van der Waals surface area contributed by atoms with Gasteiger partial charge in [0.05, 0.1) is 6.20 Å². The highest BCUT2D eigenvalue weighted by Gasteiger charge is 2.26. The summed E-state index contributed by atoms with van der Waals surface area (Å²) in [6, 6.07) is 0.125. The Morgan fingerprint density at radius 1 is 1.53 bits per heavy atom. The molecule has 0 bridgehead atoms. The second-order valence-electron chi connectivity index (χ2n) is 3.73. The zero-order valence-electron chi connectivity index (χ0n) is 9.51. The number of sulfonamides is 1. The lowest BCUT2D eigenvalue weighted by molar-refractivity contribution is 0.584. The first-order chi connectivity index (χ1) is 8.03. The maximum absolute atomic E-state index is 11.8. The van der Waals surface area contributed by atoms with Crippen molar-refractivity contribution in [3.8, 4) is 0 Å². The fourth-order valence-electron chi connectivity index (χ4n) is 1.29. The minimum Gasteiger partial charge on any atom is -0.353 e. The van der Waals surface area contributed by atoms with Crippen LogP contribution in [-0.2, 0) is 10.0 Å². The lowest BCUT2D eigenvalue weighted by Crippen LogP contribution is -2.46. The quantitative estimate of drug-likeness (QED) is 0.783. The van der Waals surface area contributed by atoms with Gasteiger partial charge in [-0.3, -0.25) is 0 Å². The number of nitrogens with zero attached hydrogens (tertiary/aromatic N) is 3. The first-order valence-corrected chi connectivity index (χ1v) is 6.69. The van der Waals surface area contributed by atoms with Crippen molar-refractivity contribution in [1.29, 1.82) is 0 Å². The van der Waals surface area contributed by atoms with Crippen LogP contribution in [0.2, 0.25) is 0 Å². The third-order valence-electron chi connectivity index (χ3n) is 2.39. The van der Waals surface area contributed by atoms with Gasteiger partial charge >= 0.3 is 0 Å². The molecule has 1 aliphatic heterocycles. The minimum atomic E-state index is -3.61. The molecule has 0 saturated heterocycles. The number of rotatable bonds is 2. The number of hydrogen-bond donors (Lipinski definition) is 2. The Morgan fingerprint density at radius 3 is 3.00 bits per heavy atom. The molecule has 2 heterocycles. The maximum atomic E-state index is 11.8. The predicted molar refractivity (Wildman–Crippen MR) is 62.3 cm³/mol. The van der Waals surface area contributed by atoms with E-state index in [1.165, 1.54) is 12.5 Å². The number of guanidine groups is 1. The van der Waals surface area contributed by atoms with Crippen LogP contribution in [0.3, 0.4) is 0 Å². The molecule has 0 aliphatic carbocycles. The second kappa shape index (κ2) is 4.28. The number of aromatic nitrogens is 2. The third-order valence-corrected chi connectivity index (χ3v) is 3.72.